The third kappa shape index (κ3) is 3.26. The second-order valence-corrected chi connectivity index (χ2v) is 9.63. The monoisotopic (exact) mass is 264 g/mol. The van der Waals surface area contributed by atoms with Gasteiger partial charge in [0, 0.05) is 5.66 Å². The Morgan fingerprint density at radius 3 is 2.06 bits per heavy atom. The molecule has 0 spiro atoms. The van der Waals surface area contributed by atoms with Crippen LogP contribution in [-0.4, -0.2) is 19.0 Å². The molecule has 0 amide bonds. The molecule has 18 heavy (non-hydrogen) atoms. The first-order valence-corrected chi connectivity index (χ1v) is 9.81. The Bertz CT molecular complexity index is 421. The van der Waals surface area contributed by atoms with Crippen LogP contribution in [0.5, 0.6) is 0 Å². The lowest BCUT2D eigenvalue weighted by molar-refractivity contribution is 0.437. The van der Waals surface area contributed by atoms with E-state index in [9.17, 15) is 4.57 Å². The van der Waals surface area contributed by atoms with Crippen molar-refractivity contribution in [3.05, 3.63) is 35.4 Å². The minimum absolute atomic E-state index is 0.476. The summed E-state index contributed by atoms with van der Waals surface area (Å²) in [4.78, 5) is 0. The lowest BCUT2D eigenvalue weighted by Gasteiger charge is -2.31. The topological polar surface area (TPSA) is 17.1 Å². The van der Waals surface area contributed by atoms with Crippen molar-refractivity contribution in [3.8, 4) is 0 Å². The van der Waals surface area contributed by atoms with E-state index in [1.54, 1.807) is 0 Å². The zero-order chi connectivity index (χ0) is 13.2. The highest BCUT2D eigenvalue weighted by molar-refractivity contribution is 7.63. The second kappa shape index (κ2) is 5.61. The van der Waals surface area contributed by atoms with E-state index in [0.29, 0.717) is 11.6 Å². The number of hydrogen-bond donors (Lipinski definition) is 0. The molecule has 0 saturated heterocycles. The van der Waals surface area contributed by atoms with Crippen molar-refractivity contribution in [1.29, 1.82) is 0 Å². The number of hydrogen-bond acceptors (Lipinski definition) is 1. The van der Waals surface area contributed by atoms with Gasteiger partial charge in [0.2, 0.25) is 0 Å². The molecule has 1 nitrogen and oxygen atoms in total. The molecule has 1 aliphatic rings. The Morgan fingerprint density at radius 1 is 1.06 bits per heavy atom. The van der Waals surface area contributed by atoms with Crippen LogP contribution in [0.15, 0.2) is 24.3 Å². The smallest absolute Gasteiger partial charge is 0.0848 e. The van der Waals surface area contributed by atoms with Gasteiger partial charge in [-0.25, -0.2) is 0 Å². The van der Waals surface area contributed by atoms with Crippen LogP contribution in [-0.2, 0) is 11.0 Å². The third-order valence-corrected chi connectivity index (χ3v) is 6.71. The average Bonchev–Trinajstić information content (AvgIpc) is 2.38. The Balaban J connectivity index is 1.98. The van der Waals surface area contributed by atoms with Gasteiger partial charge in [0.25, 0.3) is 0 Å². The molecule has 1 aliphatic carbocycles. The average molecular weight is 264 g/mol. The summed E-state index contributed by atoms with van der Waals surface area (Å²) < 4.78 is 12.1. The highest BCUT2D eigenvalue weighted by Crippen LogP contribution is 2.51. The number of aryl methyl sites for hydroxylation is 1. The van der Waals surface area contributed by atoms with Crippen LogP contribution in [0.25, 0.3) is 0 Å². The number of rotatable bonds is 3. The molecule has 0 radical (unpaired) electrons. The van der Waals surface area contributed by atoms with E-state index in [1.807, 2.05) is 13.3 Å². The molecule has 0 atom stereocenters. The fourth-order valence-corrected chi connectivity index (χ4v) is 4.60. The number of benzene rings is 1. The van der Waals surface area contributed by atoms with Crippen LogP contribution in [0.2, 0.25) is 0 Å². The van der Waals surface area contributed by atoms with E-state index >= 15 is 0 Å². The molecule has 0 bridgehead atoms. The maximum atomic E-state index is 12.1. The third-order valence-electron chi connectivity index (χ3n) is 4.44. The molecule has 0 heterocycles. The van der Waals surface area contributed by atoms with Gasteiger partial charge in [0.05, 0.1) is 7.14 Å². The van der Waals surface area contributed by atoms with Crippen molar-refractivity contribution < 1.29 is 4.57 Å². The molecule has 0 aliphatic heterocycles. The first-order chi connectivity index (χ1) is 8.50. The predicted octanol–water partition coefficient (Wildman–Crippen LogP) is 4.90. The molecule has 1 saturated carbocycles. The van der Waals surface area contributed by atoms with Gasteiger partial charge >= 0.3 is 0 Å². The molecule has 2 heteroatoms. The summed E-state index contributed by atoms with van der Waals surface area (Å²) in [6, 6.07) is 9.10. The van der Waals surface area contributed by atoms with Gasteiger partial charge in [0.1, 0.15) is 0 Å². The summed E-state index contributed by atoms with van der Waals surface area (Å²) in [5, 5.41) is 0. The molecule has 1 aromatic carbocycles. The normalized spacial score (nSPS) is 25.1. The molecule has 1 fully saturated rings. The van der Waals surface area contributed by atoms with Gasteiger partial charge in [-0.15, -0.1) is 0 Å². The van der Waals surface area contributed by atoms with Crippen LogP contribution in [0, 0.1) is 0 Å². The first-order valence-electron chi connectivity index (χ1n) is 7.14. The molecule has 2 rings (SSSR count). The molecule has 0 unspecified atom stereocenters. The van der Waals surface area contributed by atoms with Gasteiger partial charge < -0.3 is 4.57 Å². The van der Waals surface area contributed by atoms with Gasteiger partial charge in [-0.05, 0) is 62.5 Å². The molecule has 0 aromatic heterocycles. The standard InChI is InChI=1S/C16H25OP/c1-4-13-5-7-14(8-6-13)15-9-11-16(12-10-15)18(2,3)17/h5-8,15-16H,4,9-12H2,1-3H3. The van der Waals surface area contributed by atoms with E-state index in [1.165, 1.54) is 24.0 Å². The quantitative estimate of drug-likeness (QED) is 0.710. The zero-order valence-corrected chi connectivity index (χ0v) is 12.7. The molecular weight excluding hydrogens is 239 g/mol. The van der Waals surface area contributed by atoms with Crippen LogP contribution in [0.1, 0.15) is 49.7 Å². The summed E-state index contributed by atoms with van der Waals surface area (Å²) in [6.45, 7) is 6.10. The van der Waals surface area contributed by atoms with Gasteiger partial charge in [-0.2, -0.15) is 0 Å². The predicted molar refractivity (Wildman–Crippen MR) is 80.3 cm³/mol. The van der Waals surface area contributed by atoms with Gasteiger partial charge in [-0.3, -0.25) is 0 Å². The van der Waals surface area contributed by atoms with Gasteiger partial charge in [0.15, 0.2) is 0 Å². The van der Waals surface area contributed by atoms with Crippen molar-refractivity contribution in [2.24, 2.45) is 0 Å². The SMILES string of the molecule is CCc1ccc(C2CCC(P(C)(C)=O)CC2)cc1. The fourth-order valence-electron chi connectivity index (χ4n) is 3.06. The van der Waals surface area contributed by atoms with Crippen LogP contribution in [0.4, 0.5) is 0 Å². The zero-order valence-electron chi connectivity index (χ0n) is 11.9. The van der Waals surface area contributed by atoms with Gasteiger partial charge in [-0.1, -0.05) is 31.2 Å². The van der Waals surface area contributed by atoms with Crippen molar-refractivity contribution >= 4 is 7.14 Å². The Hall–Kier alpha value is -0.550. The van der Waals surface area contributed by atoms with Crippen molar-refractivity contribution in [2.45, 2.75) is 50.6 Å². The lowest BCUT2D eigenvalue weighted by atomic mass is 9.83. The second-order valence-electron chi connectivity index (χ2n) is 6.03. The summed E-state index contributed by atoms with van der Waals surface area (Å²) in [7, 11) is -1.87. The largest absolute Gasteiger partial charge is 0.324 e. The van der Waals surface area contributed by atoms with E-state index in [0.717, 1.165) is 19.3 Å². The lowest BCUT2D eigenvalue weighted by Crippen LogP contribution is -2.17. The fraction of sp³-hybridized carbons (Fsp3) is 0.625. The van der Waals surface area contributed by atoms with E-state index in [2.05, 4.69) is 31.2 Å². The summed E-state index contributed by atoms with van der Waals surface area (Å²) >= 11 is 0. The minimum atomic E-state index is -1.87. The molecule has 1 aromatic rings. The summed E-state index contributed by atoms with van der Waals surface area (Å²) in [5.41, 5.74) is 3.37. The van der Waals surface area contributed by atoms with Crippen LogP contribution < -0.4 is 0 Å². The highest BCUT2D eigenvalue weighted by Gasteiger charge is 2.29. The van der Waals surface area contributed by atoms with Crippen LogP contribution in [0.3, 0.4) is 0 Å². The Kier molecular flexibility index (Phi) is 4.33. The Morgan fingerprint density at radius 2 is 1.61 bits per heavy atom. The van der Waals surface area contributed by atoms with Crippen molar-refractivity contribution in [1.82, 2.24) is 0 Å². The maximum Gasteiger partial charge on any atom is 0.0848 e. The molecular formula is C16H25OP. The highest BCUT2D eigenvalue weighted by atomic mass is 31.2. The van der Waals surface area contributed by atoms with E-state index in [-0.39, 0.29) is 0 Å². The minimum Gasteiger partial charge on any atom is -0.324 e. The van der Waals surface area contributed by atoms with Crippen LogP contribution >= 0.6 is 7.14 Å². The molecule has 100 valence electrons. The summed E-state index contributed by atoms with van der Waals surface area (Å²) in [6.07, 6.45) is 5.82. The van der Waals surface area contributed by atoms with Crippen molar-refractivity contribution in [3.63, 3.8) is 0 Å². The van der Waals surface area contributed by atoms with Crippen molar-refractivity contribution in [2.75, 3.05) is 13.3 Å². The maximum absolute atomic E-state index is 12.1. The summed E-state index contributed by atoms with van der Waals surface area (Å²) in [5.74, 6) is 0.693. The van der Waals surface area contributed by atoms with E-state index < -0.39 is 7.14 Å². The first kappa shape index (κ1) is 13.9. The van der Waals surface area contributed by atoms with E-state index in [4.69, 9.17) is 0 Å². The molecule has 0 N–H and O–H groups in total. The Labute approximate surface area is 111 Å².